The van der Waals surface area contributed by atoms with E-state index in [-0.39, 0.29) is 6.61 Å². The second-order valence-corrected chi connectivity index (χ2v) is 4.88. The van der Waals surface area contributed by atoms with E-state index in [0.717, 1.165) is 16.5 Å². The van der Waals surface area contributed by atoms with Crippen molar-refractivity contribution >= 4 is 11.0 Å². The molecular weight excluding hydrogens is 283 g/mol. The first kappa shape index (κ1) is 15.9. The Labute approximate surface area is 121 Å². The van der Waals surface area contributed by atoms with E-state index >= 15 is 0 Å². The van der Waals surface area contributed by atoms with Crippen molar-refractivity contribution in [2.75, 3.05) is 19.8 Å². The van der Waals surface area contributed by atoms with Crippen LogP contribution in [0, 0.1) is 6.92 Å². The average molecular weight is 301 g/mol. The fourth-order valence-corrected chi connectivity index (χ4v) is 2.18. The van der Waals surface area contributed by atoms with Crippen molar-refractivity contribution in [1.82, 2.24) is 5.32 Å². The van der Waals surface area contributed by atoms with Crippen LogP contribution in [-0.4, -0.2) is 25.9 Å². The van der Waals surface area contributed by atoms with E-state index in [1.807, 2.05) is 38.1 Å². The molecule has 0 fully saturated rings. The maximum atomic E-state index is 12.1. The number of benzene rings is 1. The summed E-state index contributed by atoms with van der Waals surface area (Å²) in [6.07, 6.45) is -4.32. The van der Waals surface area contributed by atoms with Crippen LogP contribution in [0.5, 0.6) is 0 Å². The molecule has 0 aliphatic carbocycles. The molecule has 6 heteroatoms. The molecule has 0 spiro atoms. The molecule has 0 saturated heterocycles. The molecule has 0 aliphatic rings. The highest BCUT2D eigenvalue weighted by atomic mass is 19.4. The number of halogens is 3. The van der Waals surface area contributed by atoms with E-state index in [0.29, 0.717) is 12.3 Å². The van der Waals surface area contributed by atoms with Gasteiger partial charge < -0.3 is 14.5 Å². The summed E-state index contributed by atoms with van der Waals surface area (Å²) in [5.74, 6) is 0.586. The minimum Gasteiger partial charge on any atom is -0.459 e. The molecule has 1 aromatic carbocycles. The maximum absolute atomic E-state index is 12.1. The molecule has 1 N–H and O–H groups in total. The summed E-state index contributed by atoms with van der Waals surface area (Å²) in [6.45, 7) is 3.07. The minimum absolute atomic E-state index is 0.0911. The van der Waals surface area contributed by atoms with E-state index in [1.165, 1.54) is 0 Å². The first-order chi connectivity index (χ1) is 9.90. The molecule has 116 valence electrons. The largest absolute Gasteiger partial charge is 0.459 e. The number of furan rings is 1. The SMILES string of the molecule is CCNC(COCC(F)(F)F)c1cc2cccc(C)c2o1. The van der Waals surface area contributed by atoms with Crippen molar-refractivity contribution in [2.45, 2.75) is 26.1 Å². The highest BCUT2D eigenvalue weighted by Crippen LogP contribution is 2.27. The molecule has 0 aliphatic heterocycles. The van der Waals surface area contributed by atoms with Crippen molar-refractivity contribution in [3.05, 3.63) is 35.6 Å². The smallest absolute Gasteiger partial charge is 0.411 e. The van der Waals surface area contributed by atoms with Crippen molar-refractivity contribution in [1.29, 1.82) is 0 Å². The lowest BCUT2D eigenvalue weighted by Crippen LogP contribution is -2.27. The molecule has 3 nitrogen and oxygen atoms in total. The summed E-state index contributed by atoms with van der Waals surface area (Å²) in [4.78, 5) is 0. The Bertz CT molecular complexity index is 592. The normalized spacial score (nSPS) is 13.8. The van der Waals surface area contributed by atoms with Gasteiger partial charge in [0.25, 0.3) is 0 Å². The van der Waals surface area contributed by atoms with Gasteiger partial charge in [-0.15, -0.1) is 0 Å². The molecule has 1 unspecified atom stereocenters. The highest BCUT2D eigenvalue weighted by Gasteiger charge is 2.28. The fraction of sp³-hybridized carbons (Fsp3) is 0.467. The van der Waals surface area contributed by atoms with Gasteiger partial charge in [0, 0.05) is 5.39 Å². The number of aryl methyl sites for hydroxylation is 1. The monoisotopic (exact) mass is 301 g/mol. The Morgan fingerprint density at radius 1 is 1.33 bits per heavy atom. The van der Waals surface area contributed by atoms with Crippen LogP contribution in [0.15, 0.2) is 28.7 Å². The number of nitrogens with one attached hydrogen (secondary N) is 1. The summed E-state index contributed by atoms with van der Waals surface area (Å²) in [5.41, 5.74) is 1.75. The minimum atomic E-state index is -4.32. The van der Waals surface area contributed by atoms with Gasteiger partial charge in [0.05, 0.1) is 12.6 Å². The molecular formula is C15H18F3NO2. The predicted octanol–water partition coefficient (Wildman–Crippen LogP) is 3.97. The average Bonchev–Trinajstić information content (AvgIpc) is 2.82. The zero-order chi connectivity index (χ0) is 15.5. The van der Waals surface area contributed by atoms with Gasteiger partial charge in [-0.1, -0.05) is 25.1 Å². The van der Waals surface area contributed by atoms with Gasteiger partial charge in [-0.25, -0.2) is 0 Å². The van der Waals surface area contributed by atoms with Crippen molar-refractivity contribution in [2.24, 2.45) is 0 Å². The van der Waals surface area contributed by atoms with Gasteiger partial charge in [0.15, 0.2) is 0 Å². The lowest BCUT2D eigenvalue weighted by molar-refractivity contribution is -0.175. The van der Waals surface area contributed by atoms with E-state index in [2.05, 4.69) is 5.32 Å². The van der Waals surface area contributed by atoms with Crippen LogP contribution in [0.4, 0.5) is 13.2 Å². The molecule has 0 bridgehead atoms. The first-order valence-corrected chi connectivity index (χ1v) is 6.77. The standard InChI is InChI=1S/C15H18F3NO2/c1-3-19-12(8-20-9-15(16,17)18)13-7-11-6-4-5-10(2)14(11)21-13/h4-7,12,19H,3,8-9H2,1-2H3. The third-order valence-electron chi connectivity index (χ3n) is 3.10. The third-order valence-corrected chi connectivity index (χ3v) is 3.10. The lowest BCUT2D eigenvalue weighted by Gasteiger charge is -2.16. The molecule has 0 amide bonds. The van der Waals surface area contributed by atoms with Crippen LogP contribution < -0.4 is 5.32 Å². The summed E-state index contributed by atoms with van der Waals surface area (Å²) in [7, 11) is 0. The van der Waals surface area contributed by atoms with E-state index in [9.17, 15) is 13.2 Å². The van der Waals surface area contributed by atoms with E-state index in [4.69, 9.17) is 9.15 Å². The Morgan fingerprint density at radius 2 is 2.10 bits per heavy atom. The predicted molar refractivity (Wildman–Crippen MR) is 74.2 cm³/mol. The number of para-hydroxylation sites is 1. The summed E-state index contributed by atoms with van der Waals surface area (Å²) in [6, 6.07) is 7.20. The van der Waals surface area contributed by atoms with Gasteiger partial charge in [-0.05, 0) is 25.1 Å². The van der Waals surface area contributed by atoms with Crippen molar-refractivity contribution < 1.29 is 22.3 Å². The Balaban J connectivity index is 2.14. The topological polar surface area (TPSA) is 34.4 Å². The molecule has 1 aromatic heterocycles. The molecule has 0 radical (unpaired) electrons. The summed E-state index contributed by atoms with van der Waals surface area (Å²) < 4.78 is 47.0. The van der Waals surface area contributed by atoms with E-state index < -0.39 is 18.8 Å². The van der Waals surface area contributed by atoms with Crippen molar-refractivity contribution in [3.8, 4) is 0 Å². The molecule has 0 saturated carbocycles. The van der Waals surface area contributed by atoms with Crippen LogP contribution in [0.3, 0.4) is 0 Å². The van der Waals surface area contributed by atoms with Crippen molar-refractivity contribution in [3.63, 3.8) is 0 Å². The molecule has 21 heavy (non-hydrogen) atoms. The second kappa shape index (κ2) is 6.49. The van der Waals surface area contributed by atoms with Gasteiger partial charge in [-0.2, -0.15) is 13.2 Å². The zero-order valence-corrected chi connectivity index (χ0v) is 12.0. The first-order valence-electron chi connectivity index (χ1n) is 6.77. The molecule has 2 aromatic rings. The van der Waals surface area contributed by atoms with Crippen LogP contribution in [0.2, 0.25) is 0 Å². The van der Waals surface area contributed by atoms with Crippen LogP contribution >= 0.6 is 0 Å². The van der Waals surface area contributed by atoms with Crippen LogP contribution in [0.25, 0.3) is 11.0 Å². The summed E-state index contributed by atoms with van der Waals surface area (Å²) >= 11 is 0. The number of fused-ring (bicyclic) bond motifs is 1. The maximum Gasteiger partial charge on any atom is 0.411 e. The Kier molecular flexibility index (Phi) is 4.90. The van der Waals surface area contributed by atoms with Gasteiger partial charge in [0.1, 0.15) is 18.0 Å². The molecule has 1 heterocycles. The zero-order valence-electron chi connectivity index (χ0n) is 12.0. The number of rotatable bonds is 6. The van der Waals surface area contributed by atoms with Crippen LogP contribution in [0.1, 0.15) is 24.3 Å². The third kappa shape index (κ3) is 4.22. The number of ether oxygens (including phenoxy) is 1. The second-order valence-electron chi connectivity index (χ2n) is 4.88. The molecule has 1 atom stereocenters. The number of hydrogen-bond acceptors (Lipinski definition) is 3. The Morgan fingerprint density at radius 3 is 2.71 bits per heavy atom. The highest BCUT2D eigenvalue weighted by molar-refractivity contribution is 5.81. The lowest BCUT2D eigenvalue weighted by atomic mass is 10.1. The van der Waals surface area contributed by atoms with Crippen LogP contribution in [-0.2, 0) is 4.74 Å². The molecule has 2 rings (SSSR count). The fourth-order valence-electron chi connectivity index (χ4n) is 2.18. The number of likely N-dealkylation sites (N-methyl/N-ethyl adjacent to an activating group) is 1. The van der Waals surface area contributed by atoms with E-state index in [1.54, 1.807) is 0 Å². The Hall–Kier alpha value is -1.53. The quantitative estimate of drug-likeness (QED) is 0.876. The van der Waals surface area contributed by atoms with Gasteiger partial charge in [-0.3, -0.25) is 0 Å². The number of hydrogen-bond donors (Lipinski definition) is 1. The van der Waals surface area contributed by atoms with Gasteiger partial charge in [0.2, 0.25) is 0 Å². The number of alkyl halides is 3. The summed E-state index contributed by atoms with van der Waals surface area (Å²) in [5, 5.41) is 4.01. The van der Waals surface area contributed by atoms with Gasteiger partial charge >= 0.3 is 6.18 Å².